The highest BCUT2D eigenvalue weighted by Crippen LogP contribution is 2.39. The van der Waals surface area contributed by atoms with E-state index in [1.54, 1.807) is 14.2 Å². The molecule has 17 heavy (non-hydrogen) atoms. The van der Waals surface area contributed by atoms with Gasteiger partial charge in [-0.15, -0.1) is 0 Å². The van der Waals surface area contributed by atoms with Crippen molar-refractivity contribution in [3.05, 3.63) is 21.7 Å². The molecule has 0 aliphatic heterocycles. The number of halogens is 1. The number of methoxy groups -OCH3 is 2. The number of rotatable bonds is 6. The van der Waals surface area contributed by atoms with Gasteiger partial charge in [-0.1, -0.05) is 22.9 Å². The van der Waals surface area contributed by atoms with Crippen LogP contribution in [-0.2, 0) is 12.8 Å². The van der Waals surface area contributed by atoms with Crippen LogP contribution >= 0.6 is 15.9 Å². The minimum atomic E-state index is 0.675. The zero-order valence-electron chi connectivity index (χ0n) is 10.7. The number of aryl methyl sites for hydroxylation is 1. The molecule has 3 nitrogen and oxygen atoms in total. The number of hydrogen-bond donors (Lipinski definition) is 1. The molecule has 0 radical (unpaired) electrons. The van der Waals surface area contributed by atoms with E-state index >= 15 is 0 Å². The number of hydrogen-bond acceptors (Lipinski definition) is 3. The Hall–Kier alpha value is -0.740. The number of benzene rings is 1. The molecule has 0 aliphatic rings. The van der Waals surface area contributed by atoms with E-state index in [0.717, 1.165) is 40.8 Å². The van der Waals surface area contributed by atoms with Crippen molar-refractivity contribution in [1.82, 2.24) is 0 Å². The molecule has 1 aromatic carbocycles. The average molecular weight is 302 g/mol. The summed E-state index contributed by atoms with van der Waals surface area (Å²) in [6, 6.07) is 2.02. The van der Waals surface area contributed by atoms with Crippen molar-refractivity contribution in [1.29, 1.82) is 0 Å². The van der Waals surface area contributed by atoms with Crippen molar-refractivity contribution in [2.75, 3.05) is 20.8 Å². The summed E-state index contributed by atoms with van der Waals surface area (Å²) < 4.78 is 11.9. The molecule has 0 heterocycles. The first-order chi connectivity index (χ1) is 8.19. The first-order valence-corrected chi connectivity index (χ1v) is 6.61. The third kappa shape index (κ3) is 3.13. The number of nitrogens with two attached hydrogens (primary N) is 1. The van der Waals surface area contributed by atoms with Crippen LogP contribution in [0, 0.1) is 0 Å². The molecule has 0 aromatic heterocycles. The predicted molar refractivity (Wildman–Crippen MR) is 74.0 cm³/mol. The van der Waals surface area contributed by atoms with Crippen LogP contribution in [0.2, 0.25) is 0 Å². The average Bonchev–Trinajstić information content (AvgIpc) is 2.36. The summed E-state index contributed by atoms with van der Waals surface area (Å²) in [6.07, 6.45) is 2.78. The standard InChI is InChI=1S/C13H20BrNO2/c1-4-9-8-11(16-2)13(17-3)10(12(9)14)6-5-7-15/h8H,4-7,15H2,1-3H3. The molecule has 1 rings (SSSR count). The highest BCUT2D eigenvalue weighted by atomic mass is 79.9. The minimum Gasteiger partial charge on any atom is -0.493 e. The molecule has 0 bridgehead atoms. The van der Waals surface area contributed by atoms with Gasteiger partial charge >= 0.3 is 0 Å². The molecule has 0 amide bonds. The highest BCUT2D eigenvalue weighted by Gasteiger charge is 2.16. The lowest BCUT2D eigenvalue weighted by Crippen LogP contribution is -2.04. The van der Waals surface area contributed by atoms with Crippen molar-refractivity contribution < 1.29 is 9.47 Å². The van der Waals surface area contributed by atoms with Crippen LogP contribution in [0.15, 0.2) is 10.5 Å². The van der Waals surface area contributed by atoms with Crippen molar-refractivity contribution in [3.63, 3.8) is 0 Å². The molecule has 1 aromatic rings. The van der Waals surface area contributed by atoms with Crippen LogP contribution < -0.4 is 15.2 Å². The second kappa shape index (κ2) is 6.87. The summed E-state index contributed by atoms with van der Waals surface area (Å²) in [4.78, 5) is 0. The van der Waals surface area contributed by atoms with Crippen LogP contribution in [0.25, 0.3) is 0 Å². The van der Waals surface area contributed by atoms with Gasteiger partial charge < -0.3 is 15.2 Å². The van der Waals surface area contributed by atoms with Gasteiger partial charge in [-0.3, -0.25) is 0 Å². The lowest BCUT2D eigenvalue weighted by Gasteiger charge is -2.17. The van der Waals surface area contributed by atoms with Gasteiger partial charge in [0.15, 0.2) is 11.5 Å². The lowest BCUT2D eigenvalue weighted by atomic mass is 10.0. The Morgan fingerprint density at radius 3 is 2.47 bits per heavy atom. The van der Waals surface area contributed by atoms with Crippen LogP contribution in [0.1, 0.15) is 24.5 Å². The summed E-state index contributed by atoms with van der Waals surface area (Å²) in [7, 11) is 3.33. The van der Waals surface area contributed by atoms with E-state index in [9.17, 15) is 0 Å². The third-order valence-corrected chi connectivity index (χ3v) is 3.77. The van der Waals surface area contributed by atoms with Gasteiger partial charge in [0.2, 0.25) is 0 Å². The molecule has 0 atom stereocenters. The molecule has 96 valence electrons. The second-order valence-electron chi connectivity index (χ2n) is 3.81. The molecular weight excluding hydrogens is 282 g/mol. The van der Waals surface area contributed by atoms with Crippen LogP contribution in [0.5, 0.6) is 11.5 Å². The SMILES string of the molecule is CCc1cc(OC)c(OC)c(CCCN)c1Br. The Kier molecular flexibility index (Phi) is 5.78. The molecule has 0 saturated carbocycles. The first kappa shape index (κ1) is 14.3. The van der Waals surface area contributed by atoms with E-state index in [1.165, 1.54) is 5.56 Å². The fourth-order valence-electron chi connectivity index (χ4n) is 1.86. The Bertz CT molecular complexity index is 380. The summed E-state index contributed by atoms with van der Waals surface area (Å²) in [6.45, 7) is 2.80. The topological polar surface area (TPSA) is 44.5 Å². The number of ether oxygens (including phenoxy) is 2. The Labute approximate surface area is 111 Å². The highest BCUT2D eigenvalue weighted by molar-refractivity contribution is 9.10. The molecular formula is C13H20BrNO2. The summed E-state index contributed by atoms with van der Waals surface area (Å²) in [5.41, 5.74) is 7.95. The van der Waals surface area contributed by atoms with Gasteiger partial charge in [-0.2, -0.15) is 0 Å². The Morgan fingerprint density at radius 1 is 1.29 bits per heavy atom. The fourth-order valence-corrected chi connectivity index (χ4v) is 2.64. The molecule has 0 saturated heterocycles. The van der Waals surface area contributed by atoms with Gasteiger partial charge in [-0.25, -0.2) is 0 Å². The zero-order chi connectivity index (χ0) is 12.8. The maximum atomic E-state index is 5.57. The van der Waals surface area contributed by atoms with Gasteiger partial charge in [0.1, 0.15) is 0 Å². The van der Waals surface area contributed by atoms with Crippen molar-refractivity contribution in [2.24, 2.45) is 5.73 Å². The Morgan fingerprint density at radius 2 is 2.00 bits per heavy atom. The van der Waals surface area contributed by atoms with Gasteiger partial charge in [0.25, 0.3) is 0 Å². The van der Waals surface area contributed by atoms with Crippen molar-refractivity contribution in [2.45, 2.75) is 26.2 Å². The molecule has 2 N–H and O–H groups in total. The third-order valence-electron chi connectivity index (χ3n) is 2.79. The largest absolute Gasteiger partial charge is 0.493 e. The van der Waals surface area contributed by atoms with E-state index in [-0.39, 0.29) is 0 Å². The maximum Gasteiger partial charge on any atom is 0.165 e. The Balaban J connectivity index is 3.28. The van der Waals surface area contributed by atoms with E-state index in [4.69, 9.17) is 15.2 Å². The predicted octanol–water partition coefficient (Wildman–Crippen LogP) is 2.92. The second-order valence-corrected chi connectivity index (χ2v) is 4.60. The summed E-state index contributed by atoms with van der Waals surface area (Å²) in [5.74, 6) is 1.60. The van der Waals surface area contributed by atoms with Crippen molar-refractivity contribution in [3.8, 4) is 11.5 Å². The molecule has 4 heteroatoms. The smallest absolute Gasteiger partial charge is 0.165 e. The minimum absolute atomic E-state index is 0.675. The van der Waals surface area contributed by atoms with Crippen LogP contribution in [0.3, 0.4) is 0 Å². The van der Waals surface area contributed by atoms with E-state index in [2.05, 4.69) is 22.9 Å². The van der Waals surface area contributed by atoms with E-state index in [1.807, 2.05) is 6.07 Å². The maximum absolute atomic E-state index is 5.57. The summed E-state index contributed by atoms with van der Waals surface area (Å²) >= 11 is 3.65. The summed E-state index contributed by atoms with van der Waals surface area (Å²) in [5, 5.41) is 0. The molecule has 0 unspecified atom stereocenters. The van der Waals surface area contributed by atoms with Crippen LogP contribution in [0.4, 0.5) is 0 Å². The first-order valence-electron chi connectivity index (χ1n) is 5.81. The quantitative estimate of drug-likeness (QED) is 0.878. The fraction of sp³-hybridized carbons (Fsp3) is 0.538. The lowest BCUT2D eigenvalue weighted by molar-refractivity contribution is 0.350. The molecule has 0 aliphatic carbocycles. The normalized spacial score (nSPS) is 10.4. The molecule has 0 fully saturated rings. The van der Waals surface area contributed by atoms with E-state index in [0.29, 0.717) is 6.54 Å². The monoisotopic (exact) mass is 301 g/mol. The molecule has 0 spiro atoms. The van der Waals surface area contributed by atoms with Gasteiger partial charge in [0.05, 0.1) is 14.2 Å². The van der Waals surface area contributed by atoms with Gasteiger partial charge in [0, 0.05) is 10.0 Å². The zero-order valence-corrected chi connectivity index (χ0v) is 12.3. The van der Waals surface area contributed by atoms with E-state index < -0.39 is 0 Å². The van der Waals surface area contributed by atoms with Crippen molar-refractivity contribution >= 4 is 15.9 Å². The van der Waals surface area contributed by atoms with Crippen LogP contribution in [-0.4, -0.2) is 20.8 Å². The van der Waals surface area contributed by atoms with Gasteiger partial charge in [-0.05, 0) is 37.4 Å².